The molecule has 132 valence electrons. The van der Waals surface area contributed by atoms with Crippen LogP contribution in [0.5, 0.6) is 0 Å². The second-order valence-corrected chi connectivity index (χ2v) is 7.00. The number of hydrogen-bond acceptors (Lipinski definition) is 3. The molecule has 6 heteroatoms. The number of likely N-dealkylation sites (tertiary alicyclic amines) is 2. The average Bonchev–Trinajstić information content (AvgIpc) is 3.34. The van der Waals surface area contributed by atoms with Gasteiger partial charge >= 0.3 is 6.03 Å². The molecule has 2 aromatic rings. The van der Waals surface area contributed by atoms with Crippen molar-refractivity contribution in [3.63, 3.8) is 0 Å². The monoisotopic (exact) mass is 339 g/mol. The van der Waals surface area contributed by atoms with Crippen molar-refractivity contribution in [2.24, 2.45) is 0 Å². The van der Waals surface area contributed by atoms with E-state index in [1.165, 1.54) is 0 Å². The zero-order chi connectivity index (χ0) is 17.1. The smallest absolute Gasteiger partial charge is 0.320 e. The van der Waals surface area contributed by atoms with E-state index in [0.29, 0.717) is 5.92 Å². The van der Waals surface area contributed by atoms with Gasteiger partial charge < -0.3 is 14.4 Å². The summed E-state index contributed by atoms with van der Waals surface area (Å²) in [6, 6.07) is 6.19. The van der Waals surface area contributed by atoms with Crippen molar-refractivity contribution in [3.05, 3.63) is 48.3 Å². The summed E-state index contributed by atoms with van der Waals surface area (Å²) in [5, 5.41) is 0. The Bertz CT molecular complexity index is 708. The average molecular weight is 339 g/mol. The molecule has 25 heavy (non-hydrogen) atoms. The molecule has 0 spiro atoms. The molecule has 6 nitrogen and oxygen atoms in total. The number of carbonyl (C=O) groups excluding carboxylic acids is 1. The molecule has 0 bridgehead atoms. The summed E-state index contributed by atoms with van der Waals surface area (Å²) in [6.45, 7) is 4.19. The molecule has 0 unspecified atom stereocenters. The van der Waals surface area contributed by atoms with Crippen molar-refractivity contribution < 1.29 is 4.79 Å². The van der Waals surface area contributed by atoms with Crippen LogP contribution in [0.1, 0.15) is 43.1 Å². The number of aromatic nitrogens is 3. The number of pyridine rings is 1. The Morgan fingerprint density at radius 3 is 2.68 bits per heavy atom. The summed E-state index contributed by atoms with van der Waals surface area (Å²) in [5.74, 6) is 1.38. The van der Waals surface area contributed by atoms with Gasteiger partial charge in [-0.1, -0.05) is 6.07 Å². The van der Waals surface area contributed by atoms with E-state index in [1.807, 2.05) is 46.6 Å². The van der Waals surface area contributed by atoms with Gasteiger partial charge in [0.2, 0.25) is 0 Å². The van der Waals surface area contributed by atoms with Crippen molar-refractivity contribution in [1.82, 2.24) is 24.3 Å². The molecule has 0 aliphatic carbocycles. The van der Waals surface area contributed by atoms with Crippen LogP contribution in [0, 0.1) is 0 Å². The fourth-order valence-electron chi connectivity index (χ4n) is 3.95. The lowest BCUT2D eigenvalue weighted by molar-refractivity contribution is 0.145. The number of piperidine rings is 1. The summed E-state index contributed by atoms with van der Waals surface area (Å²) in [7, 11) is 0. The second kappa shape index (κ2) is 7.25. The number of carbonyl (C=O) groups is 1. The maximum atomic E-state index is 12.7. The zero-order valence-electron chi connectivity index (χ0n) is 14.5. The first-order chi connectivity index (χ1) is 12.3. The predicted molar refractivity (Wildman–Crippen MR) is 95.3 cm³/mol. The fourth-order valence-corrected chi connectivity index (χ4v) is 3.95. The zero-order valence-corrected chi connectivity index (χ0v) is 14.5. The third-order valence-corrected chi connectivity index (χ3v) is 5.24. The molecule has 0 radical (unpaired) electrons. The molecule has 0 aromatic carbocycles. The molecule has 4 heterocycles. The minimum Gasteiger partial charge on any atom is -0.329 e. The standard InChI is InChI=1S/C19H25N5O/c25-19(22-10-3-4-11-22)24-12-5-6-16(14-24)18-21-9-13-23(18)15-17-7-1-2-8-20-17/h1-2,7-9,13,16H,3-6,10-12,14-15H2/t16-/m1/s1. The molecule has 1 atom stereocenters. The number of hydrogen-bond donors (Lipinski definition) is 0. The van der Waals surface area contributed by atoms with Crippen LogP contribution < -0.4 is 0 Å². The second-order valence-electron chi connectivity index (χ2n) is 7.00. The highest BCUT2D eigenvalue weighted by Crippen LogP contribution is 2.27. The summed E-state index contributed by atoms with van der Waals surface area (Å²) in [4.78, 5) is 25.8. The predicted octanol–water partition coefficient (Wildman–Crippen LogP) is 2.72. The number of urea groups is 1. The van der Waals surface area contributed by atoms with Crippen LogP contribution in [0.25, 0.3) is 0 Å². The molecular formula is C19H25N5O. The van der Waals surface area contributed by atoms with Crippen LogP contribution in [-0.4, -0.2) is 56.5 Å². The number of amides is 2. The minimum atomic E-state index is 0.213. The van der Waals surface area contributed by atoms with E-state index < -0.39 is 0 Å². The van der Waals surface area contributed by atoms with Crippen molar-refractivity contribution in [2.45, 2.75) is 38.1 Å². The number of rotatable bonds is 3. The largest absolute Gasteiger partial charge is 0.329 e. The van der Waals surface area contributed by atoms with Gasteiger partial charge in [0, 0.05) is 50.7 Å². The third kappa shape index (κ3) is 3.52. The highest BCUT2D eigenvalue weighted by Gasteiger charge is 2.30. The maximum absolute atomic E-state index is 12.7. The van der Waals surface area contributed by atoms with Crippen LogP contribution in [0.15, 0.2) is 36.8 Å². The molecule has 2 fully saturated rings. The van der Waals surface area contributed by atoms with Gasteiger partial charge in [0.1, 0.15) is 5.82 Å². The Kier molecular flexibility index (Phi) is 4.68. The van der Waals surface area contributed by atoms with Crippen LogP contribution >= 0.6 is 0 Å². The quantitative estimate of drug-likeness (QED) is 0.864. The first-order valence-electron chi connectivity index (χ1n) is 9.26. The fraction of sp³-hybridized carbons (Fsp3) is 0.526. The van der Waals surface area contributed by atoms with E-state index in [2.05, 4.69) is 14.5 Å². The Morgan fingerprint density at radius 1 is 1.04 bits per heavy atom. The third-order valence-electron chi connectivity index (χ3n) is 5.24. The van der Waals surface area contributed by atoms with Gasteiger partial charge in [-0.05, 0) is 37.8 Å². The van der Waals surface area contributed by atoms with Gasteiger partial charge in [0.25, 0.3) is 0 Å². The first kappa shape index (κ1) is 16.1. The molecule has 4 rings (SSSR count). The van der Waals surface area contributed by atoms with Crippen molar-refractivity contribution in [1.29, 1.82) is 0 Å². The van der Waals surface area contributed by atoms with Gasteiger partial charge in [-0.25, -0.2) is 9.78 Å². The summed E-state index contributed by atoms with van der Waals surface area (Å²) in [5.41, 5.74) is 1.03. The Labute approximate surface area is 148 Å². The van der Waals surface area contributed by atoms with Gasteiger partial charge in [-0.3, -0.25) is 4.98 Å². The van der Waals surface area contributed by atoms with Gasteiger partial charge in [-0.15, -0.1) is 0 Å². The van der Waals surface area contributed by atoms with Gasteiger partial charge in [0.05, 0.1) is 12.2 Å². The molecule has 2 aromatic heterocycles. The summed E-state index contributed by atoms with van der Waals surface area (Å²) >= 11 is 0. The topological polar surface area (TPSA) is 54.3 Å². The minimum absolute atomic E-state index is 0.213. The van der Waals surface area contributed by atoms with E-state index in [4.69, 9.17) is 0 Å². The highest BCUT2D eigenvalue weighted by atomic mass is 16.2. The Morgan fingerprint density at radius 2 is 1.88 bits per heavy atom. The molecule has 2 aliphatic heterocycles. The van der Waals surface area contributed by atoms with E-state index in [9.17, 15) is 4.79 Å². The normalized spacial score (nSPS) is 20.9. The highest BCUT2D eigenvalue weighted by molar-refractivity contribution is 5.74. The number of nitrogens with zero attached hydrogens (tertiary/aromatic N) is 5. The molecule has 0 N–H and O–H groups in total. The van der Waals surface area contributed by atoms with Gasteiger partial charge in [0.15, 0.2) is 0 Å². The van der Waals surface area contributed by atoms with Crippen LogP contribution in [0.2, 0.25) is 0 Å². The molecule has 0 saturated carbocycles. The lowest BCUT2D eigenvalue weighted by Crippen LogP contribution is -2.46. The van der Waals surface area contributed by atoms with Crippen molar-refractivity contribution >= 4 is 6.03 Å². The van der Waals surface area contributed by atoms with Gasteiger partial charge in [-0.2, -0.15) is 0 Å². The molecule has 2 aliphatic rings. The molecular weight excluding hydrogens is 314 g/mol. The van der Waals surface area contributed by atoms with E-state index in [1.54, 1.807) is 0 Å². The van der Waals surface area contributed by atoms with Crippen LogP contribution in [-0.2, 0) is 6.54 Å². The Balaban J connectivity index is 1.46. The molecule has 2 saturated heterocycles. The Hall–Kier alpha value is -2.37. The van der Waals surface area contributed by atoms with E-state index in [0.717, 1.165) is 69.9 Å². The van der Waals surface area contributed by atoms with E-state index >= 15 is 0 Å². The van der Waals surface area contributed by atoms with Crippen molar-refractivity contribution in [3.8, 4) is 0 Å². The first-order valence-corrected chi connectivity index (χ1v) is 9.26. The van der Waals surface area contributed by atoms with Crippen molar-refractivity contribution in [2.75, 3.05) is 26.2 Å². The lowest BCUT2D eigenvalue weighted by Gasteiger charge is -2.35. The van der Waals surface area contributed by atoms with Crippen LogP contribution in [0.3, 0.4) is 0 Å². The lowest BCUT2D eigenvalue weighted by atomic mass is 9.97. The molecule has 2 amide bonds. The summed E-state index contributed by atoms with van der Waals surface area (Å²) in [6.07, 6.45) is 10.1. The maximum Gasteiger partial charge on any atom is 0.320 e. The van der Waals surface area contributed by atoms with E-state index in [-0.39, 0.29) is 6.03 Å². The SMILES string of the molecule is O=C(N1CCCC1)N1CCC[C@@H](c2nccn2Cc2ccccn2)C1. The number of imidazole rings is 1. The van der Waals surface area contributed by atoms with Crippen LogP contribution in [0.4, 0.5) is 4.79 Å². The summed E-state index contributed by atoms with van der Waals surface area (Å²) < 4.78 is 2.18.